The summed E-state index contributed by atoms with van der Waals surface area (Å²) < 4.78 is 19.0. The van der Waals surface area contributed by atoms with Gasteiger partial charge in [-0.25, -0.2) is 9.37 Å². The van der Waals surface area contributed by atoms with Gasteiger partial charge in [-0.05, 0) is 25.1 Å². The van der Waals surface area contributed by atoms with Crippen LogP contribution in [-0.2, 0) is 0 Å². The van der Waals surface area contributed by atoms with Crippen molar-refractivity contribution >= 4 is 10.9 Å². The summed E-state index contributed by atoms with van der Waals surface area (Å²) in [7, 11) is 1.50. The summed E-state index contributed by atoms with van der Waals surface area (Å²) in [6, 6.07) is 9.34. The van der Waals surface area contributed by atoms with Crippen LogP contribution in [0, 0.1) is 0 Å². The first-order chi connectivity index (χ1) is 8.26. The van der Waals surface area contributed by atoms with Crippen molar-refractivity contribution in [3.05, 3.63) is 35.9 Å². The quantitative estimate of drug-likeness (QED) is 0.884. The molecule has 4 heteroatoms. The van der Waals surface area contributed by atoms with Crippen molar-refractivity contribution in [2.24, 2.45) is 5.73 Å². The average Bonchev–Trinajstić information content (AvgIpc) is 2.37. The summed E-state index contributed by atoms with van der Waals surface area (Å²) in [5, 5.41) is 0.906. The minimum atomic E-state index is -1.13. The molecule has 90 valence electrons. The third kappa shape index (κ3) is 2.36. The highest BCUT2D eigenvalue weighted by molar-refractivity contribution is 5.80. The Morgan fingerprint density at radius 3 is 2.88 bits per heavy atom. The zero-order valence-electron chi connectivity index (χ0n) is 9.69. The number of nitrogens with two attached hydrogens (primary N) is 1. The molecule has 0 saturated heterocycles. The summed E-state index contributed by atoms with van der Waals surface area (Å²) in [5.41, 5.74) is 6.64. The molecule has 0 bridgehead atoms. The van der Waals surface area contributed by atoms with E-state index >= 15 is 0 Å². The van der Waals surface area contributed by atoms with Gasteiger partial charge in [-0.2, -0.15) is 0 Å². The van der Waals surface area contributed by atoms with Gasteiger partial charge in [0.25, 0.3) is 0 Å². The Hall–Kier alpha value is -1.68. The molecule has 0 saturated carbocycles. The maximum absolute atomic E-state index is 13.9. The van der Waals surface area contributed by atoms with Crippen molar-refractivity contribution in [3.63, 3.8) is 0 Å². The van der Waals surface area contributed by atoms with Crippen molar-refractivity contribution in [2.45, 2.75) is 12.6 Å². The van der Waals surface area contributed by atoms with E-state index in [1.54, 1.807) is 6.07 Å². The number of hydrogen-bond acceptors (Lipinski definition) is 3. The van der Waals surface area contributed by atoms with Crippen LogP contribution < -0.4 is 10.5 Å². The van der Waals surface area contributed by atoms with Crippen LogP contribution in [0.2, 0.25) is 0 Å². The van der Waals surface area contributed by atoms with Crippen molar-refractivity contribution < 1.29 is 9.13 Å². The second-order valence-corrected chi connectivity index (χ2v) is 3.82. The van der Waals surface area contributed by atoms with Gasteiger partial charge in [0.1, 0.15) is 6.17 Å². The SMILES string of the molecule is COc1nc2ccccc2cc1C(F)CCN. The van der Waals surface area contributed by atoms with Gasteiger partial charge in [-0.3, -0.25) is 0 Å². The molecule has 0 fully saturated rings. The fraction of sp³-hybridized carbons (Fsp3) is 0.308. The Morgan fingerprint density at radius 1 is 1.41 bits per heavy atom. The first-order valence-corrected chi connectivity index (χ1v) is 5.54. The molecule has 1 unspecified atom stereocenters. The number of rotatable bonds is 4. The largest absolute Gasteiger partial charge is 0.481 e. The molecule has 1 heterocycles. The molecule has 3 nitrogen and oxygen atoms in total. The molecule has 2 N–H and O–H groups in total. The minimum Gasteiger partial charge on any atom is -0.481 e. The number of alkyl halides is 1. The van der Waals surface area contributed by atoms with Crippen molar-refractivity contribution in [2.75, 3.05) is 13.7 Å². The number of ether oxygens (including phenoxy) is 1. The van der Waals surface area contributed by atoms with Gasteiger partial charge in [-0.1, -0.05) is 18.2 Å². The third-order valence-corrected chi connectivity index (χ3v) is 2.67. The normalized spacial score (nSPS) is 12.6. The van der Waals surface area contributed by atoms with E-state index in [0.717, 1.165) is 10.9 Å². The molecular formula is C13H15FN2O. The Balaban J connectivity index is 2.52. The van der Waals surface area contributed by atoms with Crippen molar-refractivity contribution in [3.8, 4) is 5.88 Å². The van der Waals surface area contributed by atoms with Gasteiger partial charge in [-0.15, -0.1) is 0 Å². The van der Waals surface area contributed by atoms with E-state index in [-0.39, 0.29) is 6.42 Å². The monoisotopic (exact) mass is 234 g/mol. The van der Waals surface area contributed by atoms with Crippen LogP contribution in [-0.4, -0.2) is 18.6 Å². The lowest BCUT2D eigenvalue weighted by molar-refractivity contribution is 0.307. The summed E-state index contributed by atoms with van der Waals surface area (Å²) in [6.45, 7) is 0.303. The number of para-hydroxylation sites is 1. The van der Waals surface area contributed by atoms with Crippen LogP contribution in [0.15, 0.2) is 30.3 Å². The van der Waals surface area contributed by atoms with Crippen molar-refractivity contribution in [1.29, 1.82) is 0 Å². The molecule has 0 aliphatic rings. The van der Waals surface area contributed by atoms with Gasteiger partial charge < -0.3 is 10.5 Å². The molecule has 0 aliphatic heterocycles. The molecular weight excluding hydrogens is 219 g/mol. The van der Waals surface area contributed by atoms with Crippen LogP contribution in [0.25, 0.3) is 10.9 Å². The molecule has 0 radical (unpaired) electrons. The van der Waals surface area contributed by atoms with E-state index in [1.165, 1.54) is 7.11 Å². The molecule has 1 atom stereocenters. The van der Waals surface area contributed by atoms with Crippen LogP contribution >= 0.6 is 0 Å². The molecule has 17 heavy (non-hydrogen) atoms. The lowest BCUT2D eigenvalue weighted by atomic mass is 10.1. The van der Waals surface area contributed by atoms with Gasteiger partial charge in [0, 0.05) is 10.9 Å². The van der Waals surface area contributed by atoms with Crippen LogP contribution in [0.5, 0.6) is 5.88 Å². The third-order valence-electron chi connectivity index (χ3n) is 2.67. The van der Waals surface area contributed by atoms with Gasteiger partial charge >= 0.3 is 0 Å². The number of pyridine rings is 1. The fourth-order valence-electron chi connectivity index (χ4n) is 1.80. The maximum Gasteiger partial charge on any atom is 0.219 e. The average molecular weight is 234 g/mol. The maximum atomic E-state index is 13.9. The highest BCUT2D eigenvalue weighted by atomic mass is 19.1. The summed E-state index contributed by atoms with van der Waals surface area (Å²) >= 11 is 0. The van der Waals surface area contributed by atoms with Crippen molar-refractivity contribution in [1.82, 2.24) is 4.98 Å². The Morgan fingerprint density at radius 2 is 2.18 bits per heavy atom. The molecule has 0 aliphatic carbocycles. The Labute approximate surface area is 99.4 Å². The molecule has 2 aromatic rings. The molecule has 0 amide bonds. The van der Waals surface area contributed by atoms with E-state index in [1.807, 2.05) is 24.3 Å². The number of methoxy groups -OCH3 is 1. The van der Waals surface area contributed by atoms with Crippen LogP contribution in [0.1, 0.15) is 18.2 Å². The molecule has 1 aromatic heterocycles. The zero-order chi connectivity index (χ0) is 12.3. The summed E-state index contributed by atoms with van der Waals surface area (Å²) in [6.07, 6.45) is -0.858. The first-order valence-electron chi connectivity index (χ1n) is 5.54. The Bertz CT molecular complexity index is 516. The second kappa shape index (κ2) is 5.10. The molecule has 0 spiro atoms. The number of benzene rings is 1. The number of halogens is 1. The smallest absolute Gasteiger partial charge is 0.219 e. The van der Waals surface area contributed by atoms with E-state index in [4.69, 9.17) is 10.5 Å². The highest BCUT2D eigenvalue weighted by Gasteiger charge is 2.16. The predicted molar refractivity (Wildman–Crippen MR) is 65.8 cm³/mol. The van der Waals surface area contributed by atoms with Crippen LogP contribution in [0.3, 0.4) is 0 Å². The fourth-order valence-corrected chi connectivity index (χ4v) is 1.80. The lowest BCUT2D eigenvalue weighted by Gasteiger charge is -2.12. The number of aromatic nitrogens is 1. The number of fused-ring (bicyclic) bond motifs is 1. The number of hydrogen-bond donors (Lipinski definition) is 1. The van der Waals surface area contributed by atoms with E-state index in [0.29, 0.717) is 18.0 Å². The van der Waals surface area contributed by atoms with Gasteiger partial charge in [0.15, 0.2) is 0 Å². The molecule has 2 rings (SSSR count). The van der Waals surface area contributed by atoms with Gasteiger partial charge in [0.05, 0.1) is 12.6 Å². The van der Waals surface area contributed by atoms with E-state index in [9.17, 15) is 4.39 Å². The van der Waals surface area contributed by atoms with Crippen LogP contribution in [0.4, 0.5) is 4.39 Å². The zero-order valence-corrected chi connectivity index (χ0v) is 9.69. The highest BCUT2D eigenvalue weighted by Crippen LogP contribution is 2.31. The van der Waals surface area contributed by atoms with E-state index < -0.39 is 6.17 Å². The number of nitrogens with zero attached hydrogens (tertiary/aromatic N) is 1. The Kier molecular flexibility index (Phi) is 3.54. The summed E-state index contributed by atoms with van der Waals surface area (Å²) in [4.78, 5) is 4.29. The topological polar surface area (TPSA) is 48.1 Å². The summed E-state index contributed by atoms with van der Waals surface area (Å²) in [5.74, 6) is 0.338. The molecule has 1 aromatic carbocycles. The minimum absolute atomic E-state index is 0.274. The van der Waals surface area contributed by atoms with Gasteiger partial charge in [0.2, 0.25) is 5.88 Å². The lowest BCUT2D eigenvalue weighted by Crippen LogP contribution is -2.06. The second-order valence-electron chi connectivity index (χ2n) is 3.82. The first kappa shape index (κ1) is 11.8. The predicted octanol–water partition coefficient (Wildman–Crippen LogP) is 2.60. The van der Waals surface area contributed by atoms with E-state index in [2.05, 4.69) is 4.98 Å². The standard InChI is InChI=1S/C13H15FN2O/c1-17-13-10(11(14)6-7-15)8-9-4-2-3-5-12(9)16-13/h2-5,8,11H,6-7,15H2,1H3.